The van der Waals surface area contributed by atoms with Gasteiger partial charge in [-0.2, -0.15) is 0 Å². The number of carbonyl (C=O) groups is 1. The molecule has 0 bridgehead atoms. The molecule has 1 aromatic carbocycles. The molecule has 7 nitrogen and oxygen atoms in total. The van der Waals surface area contributed by atoms with Crippen LogP contribution in [0.4, 0.5) is 0 Å². The number of rotatable bonds is 8. The molecule has 1 aliphatic heterocycles. The van der Waals surface area contributed by atoms with Gasteiger partial charge in [0.2, 0.25) is 5.91 Å². The second kappa shape index (κ2) is 12.8. The van der Waals surface area contributed by atoms with E-state index < -0.39 is 0 Å². The van der Waals surface area contributed by atoms with Gasteiger partial charge in [0.15, 0.2) is 17.5 Å². The maximum absolute atomic E-state index is 12.1. The molecule has 0 aliphatic carbocycles. The lowest BCUT2D eigenvalue weighted by atomic mass is 10.2. The highest BCUT2D eigenvalue weighted by molar-refractivity contribution is 14.0. The molecule has 29 heavy (non-hydrogen) atoms. The number of hydrogen-bond donors (Lipinski definition) is 2. The van der Waals surface area contributed by atoms with Crippen molar-refractivity contribution in [3.63, 3.8) is 0 Å². The highest BCUT2D eigenvalue weighted by atomic mass is 127. The first-order chi connectivity index (χ1) is 13.5. The largest absolute Gasteiger partial charge is 0.493 e. The maximum Gasteiger partial charge on any atom is 0.225 e. The van der Waals surface area contributed by atoms with E-state index in [4.69, 9.17) is 9.47 Å². The molecule has 0 radical (unpaired) electrons. The zero-order valence-electron chi connectivity index (χ0n) is 18.2. The van der Waals surface area contributed by atoms with Crippen LogP contribution in [0, 0.1) is 5.92 Å². The molecule has 0 saturated carbocycles. The number of nitrogens with one attached hydrogen (secondary N) is 2. The van der Waals surface area contributed by atoms with E-state index in [0.29, 0.717) is 13.2 Å². The monoisotopic (exact) mass is 518 g/mol. The molecular formula is C21H35IN4O3. The quantitative estimate of drug-likeness (QED) is 0.315. The first kappa shape index (κ1) is 25.3. The van der Waals surface area contributed by atoms with E-state index in [0.717, 1.165) is 49.0 Å². The summed E-state index contributed by atoms with van der Waals surface area (Å²) in [6.45, 7) is 8.75. The molecule has 1 aliphatic rings. The van der Waals surface area contributed by atoms with Crippen molar-refractivity contribution in [3.8, 4) is 11.5 Å². The normalized spacial score (nSPS) is 16.4. The van der Waals surface area contributed by atoms with Gasteiger partial charge in [0.05, 0.1) is 13.7 Å². The lowest BCUT2D eigenvalue weighted by Gasteiger charge is -2.20. The molecule has 1 unspecified atom stereocenters. The molecule has 1 fully saturated rings. The van der Waals surface area contributed by atoms with Gasteiger partial charge in [-0.1, -0.05) is 26.8 Å². The molecule has 164 valence electrons. The topological polar surface area (TPSA) is 75.2 Å². The maximum atomic E-state index is 12.1. The first-order valence-corrected chi connectivity index (χ1v) is 10.0. The van der Waals surface area contributed by atoms with Crippen molar-refractivity contribution in [2.75, 3.05) is 33.9 Å². The number of aliphatic imine (C=N–C) groups is 1. The molecule has 0 spiro atoms. The van der Waals surface area contributed by atoms with Crippen LogP contribution in [0.2, 0.25) is 0 Å². The zero-order chi connectivity index (χ0) is 20.5. The Balaban J connectivity index is 0.00000420. The predicted octanol–water partition coefficient (Wildman–Crippen LogP) is 3.02. The average molecular weight is 518 g/mol. The molecule has 1 aromatic rings. The van der Waals surface area contributed by atoms with Crippen molar-refractivity contribution in [1.82, 2.24) is 15.5 Å². The first-order valence-electron chi connectivity index (χ1n) is 10.0. The highest BCUT2D eigenvalue weighted by Gasteiger charge is 2.27. The molecule has 2 N–H and O–H groups in total. The third kappa shape index (κ3) is 7.56. The summed E-state index contributed by atoms with van der Waals surface area (Å²) in [5, 5.41) is 6.75. The Bertz CT molecular complexity index is 682. The molecular weight excluding hydrogens is 483 g/mol. The second-order valence-electron chi connectivity index (χ2n) is 7.33. The Morgan fingerprint density at radius 1 is 1.34 bits per heavy atom. The second-order valence-corrected chi connectivity index (χ2v) is 7.33. The Morgan fingerprint density at radius 3 is 2.72 bits per heavy atom. The van der Waals surface area contributed by atoms with Crippen LogP contribution < -0.4 is 20.1 Å². The van der Waals surface area contributed by atoms with Crippen LogP contribution in [0.25, 0.3) is 0 Å². The molecule has 1 atom stereocenters. The molecule has 1 heterocycles. The van der Waals surface area contributed by atoms with Gasteiger partial charge in [-0.15, -0.1) is 24.0 Å². The average Bonchev–Trinajstić information content (AvgIpc) is 3.17. The van der Waals surface area contributed by atoms with E-state index in [1.165, 1.54) is 0 Å². The number of carbonyl (C=O) groups excluding carboxylic acids is 1. The minimum absolute atomic E-state index is 0. The van der Waals surface area contributed by atoms with Crippen LogP contribution >= 0.6 is 24.0 Å². The van der Waals surface area contributed by atoms with Crippen molar-refractivity contribution < 1.29 is 14.3 Å². The van der Waals surface area contributed by atoms with Gasteiger partial charge in [-0.3, -0.25) is 9.79 Å². The number of methoxy groups -OCH3 is 1. The van der Waals surface area contributed by atoms with Crippen molar-refractivity contribution in [3.05, 3.63) is 23.8 Å². The van der Waals surface area contributed by atoms with Crippen molar-refractivity contribution >= 4 is 35.8 Å². The van der Waals surface area contributed by atoms with Gasteiger partial charge < -0.3 is 25.0 Å². The van der Waals surface area contributed by atoms with E-state index >= 15 is 0 Å². The van der Waals surface area contributed by atoms with Gasteiger partial charge in [-0.05, 0) is 30.5 Å². The summed E-state index contributed by atoms with van der Waals surface area (Å²) < 4.78 is 11.1. The molecule has 0 aromatic heterocycles. The molecule has 1 saturated heterocycles. The number of amides is 1. The lowest BCUT2D eigenvalue weighted by molar-refractivity contribution is -0.133. The number of nitrogens with zero attached hydrogens (tertiary/aromatic N) is 2. The summed E-state index contributed by atoms with van der Waals surface area (Å²) >= 11 is 0. The van der Waals surface area contributed by atoms with Crippen molar-refractivity contribution in [2.24, 2.45) is 10.9 Å². The summed E-state index contributed by atoms with van der Waals surface area (Å²) in [6.07, 6.45) is 1.88. The number of hydrogen-bond acceptors (Lipinski definition) is 4. The summed E-state index contributed by atoms with van der Waals surface area (Å²) in [4.78, 5) is 18.4. The summed E-state index contributed by atoms with van der Waals surface area (Å²) in [5.41, 5.74) is 1.08. The lowest BCUT2D eigenvalue weighted by Crippen LogP contribution is -2.45. The summed E-state index contributed by atoms with van der Waals surface area (Å²) in [7, 11) is 3.40. The fraction of sp³-hybridized carbons (Fsp3) is 0.619. The molecule has 2 rings (SSSR count). The Hall–Kier alpha value is -1.71. The van der Waals surface area contributed by atoms with E-state index in [9.17, 15) is 4.79 Å². The number of benzene rings is 1. The zero-order valence-corrected chi connectivity index (χ0v) is 20.5. The molecule has 1 amide bonds. The van der Waals surface area contributed by atoms with Crippen LogP contribution in [-0.4, -0.2) is 56.7 Å². The fourth-order valence-corrected chi connectivity index (χ4v) is 3.17. The highest BCUT2D eigenvalue weighted by Crippen LogP contribution is 2.28. The van der Waals surface area contributed by atoms with E-state index in [1.807, 2.05) is 36.9 Å². The minimum Gasteiger partial charge on any atom is -0.493 e. The third-order valence-electron chi connectivity index (χ3n) is 4.71. The number of halogens is 1. The van der Waals surface area contributed by atoms with Crippen molar-refractivity contribution in [2.45, 2.75) is 46.2 Å². The van der Waals surface area contributed by atoms with Gasteiger partial charge in [0.1, 0.15) is 0 Å². The standard InChI is InChI=1S/C21H34N4O3.HI/c1-6-11-28-18-8-7-16(12-19(18)27-5)13-23-21(22-4)24-17-9-10-25(14-17)20(26)15(2)3;/h7-8,12,15,17H,6,9-11,13-14H2,1-5H3,(H2,22,23,24);1H. The Labute approximate surface area is 191 Å². The smallest absolute Gasteiger partial charge is 0.225 e. The van der Waals surface area contributed by atoms with Crippen molar-refractivity contribution in [1.29, 1.82) is 0 Å². The number of guanidine groups is 1. The fourth-order valence-electron chi connectivity index (χ4n) is 3.17. The van der Waals surface area contributed by atoms with Crippen LogP contribution in [-0.2, 0) is 11.3 Å². The third-order valence-corrected chi connectivity index (χ3v) is 4.71. The van der Waals surface area contributed by atoms with Crippen LogP contribution in [0.15, 0.2) is 23.2 Å². The van der Waals surface area contributed by atoms with E-state index in [1.54, 1.807) is 14.2 Å². The Morgan fingerprint density at radius 2 is 2.10 bits per heavy atom. The summed E-state index contributed by atoms with van der Waals surface area (Å²) in [5.74, 6) is 2.47. The Kier molecular flexibility index (Phi) is 11.2. The van der Waals surface area contributed by atoms with E-state index in [-0.39, 0.29) is 41.8 Å². The van der Waals surface area contributed by atoms with Crippen LogP contribution in [0.1, 0.15) is 39.2 Å². The van der Waals surface area contributed by atoms with Crippen LogP contribution in [0.3, 0.4) is 0 Å². The van der Waals surface area contributed by atoms with E-state index in [2.05, 4.69) is 22.5 Å². The van der Waals surface area contributed by atoms with Gasteiger partial charge >= 0.3 is 0 Å². The van der Waals surface area contributed by atoms with Crippen LogP contribution in [0.5, 0.6) is 11.5 Å². The minimum atomic E-state index is 0. The summed E-state index contributed by atoms with van der Waals surface area (Å²) in [6, 6.07) is 6.15. The van der Waals surface area contributed by atoms with Gasteiger partial charge in [0, 0.05) is 38.6 Å². The SMILES string of the molecule is CCCOc1ccc(CNC(=NC)NC2CCN(C(=O)C(C)C)C2)cc1OC.I. The predicted molar refractivity (Wildman–Crippen MR) is 127 cm³/mol. The number of likely N-dealkylation sites (tertiary alicyclic amines) is 1. The number of ether oxygens (including phenoxy) is 2. The van der Waals surface area contributed by atoms with Gasteiger partial charge in [-0.25, -0.2) is 0 Å². The van der Waals surface area contributed by atoms with Gasteiger partial charge in [0.25, 0.3) is 0 Å². The molecule has 8 heteroatoms.